The summed E-state index contributed by atoms with van der Waals surface area (Å²) >= 11 is 0. The second kappa shape index (κ2) is 2.96. The van der Waals surface area contributed by atoms with E-state index >= 15 is 0 Å². The van der Waals surface area contributed by atoms with E-state index in [1.54, 1.807) is 0 Å². The first-order chi connectivity index (χ1) is 3.18. The molecule has 1 atom stereocenters. The van der Waals surface area contributed by atoms with Crippen molar-refractivity contribution in [2.45, 2.75) is 11.9 Å². The summed E-state index contributed by atoms with van der Waals surface area (Å²) in [4.78, 5) is 0. The zero-order chi connectivity index (χ0) is 5.86. The fourth-order valence-electron chi connectivity index (χ4n) is 0.105. The van der Waals surface area contributed by atoms with Crippen molar-refractivity contribution in [2.24, 2.45) is 0 Å². The van der Waals surface area contributed by atoms with Crippen LogP contribution < -0.4 is 0 Å². The third-order valence-electron chi connectivity index (χ3n) is 0.467. The third kappa shape index (κ3) is 2.56. The van der Waals surface area contributed by atoms with E-state index in [0.29, 0.717) is 0 Å². The molecular formula is C3H6FO2S. The lowest BCUT2D eigenvalue weighted by Gasteiger charge is -1.87. The maximum atomic E-state index is 11.6. The summed E-state index contributed by atoms with van der Waals surface area (Å²) in [5.41, 5.74) is -1.75. The van der Waals surface area contributed by atoms with E-state index in [2.05, 4.69) is 6.92 Å². The van der Waals surface area contributed by atoms with E-state index in [9.17, 15) is 12.8 Å². The van der Waals surface area contributed by atoms with Crippen LogP contribution in [0.4, 0.5) is 4.39 Å². The first-order valence-electron chi connectivity index (χ1n) is 1.75. The van der Waals surface area contributed by atoms with Crippen molar-refractivity contribution in [3.05, 3.63) is 6.92 Å². The lowest BCUT2D eigenvalue weighted by Crippen LogP contribution is -1.97. The van der Waals surface area contributed by atoms with Crippen LogP contribution in [0.15, 0.2) is 0 Å². The maximum Gasteiger partial charge on any atom is 0.198 e. The molecule has 0 rings (SSSR count). The van der Waals surface area contributed by atoms with Crippen molar-refractivity contribution in [3.8, 4) is 0 Å². The molecule has 0 N–H and O–H groups in total. The Labute approximate surface area is 43.3 Å². The summed E-state index contributed by atoms with van der Waals surface area (Å²) in [6, 6.07) is 0. The summed E-state index contributed by atoms with van der Waals surface area (Å²) in [6.45, 7) is 3.05. The normalized spacial score (nSPS) is 14.7. The highest BCUT2D eigenvalue weighted by Gasteiger charge is 2.01. The summed E-state index contributed by atoms with van der Waals surface area (Å²) < 4.78 is 30.7. The Hall–Kier alpha value is -0.120. The van der Waals surface area contributed by atoms with E-state index in [1.807, 2.05) is 0 Å². The minimum absolute atomic E-state index is 0.196. The van der Waals surface area contributed by atoms with Gasteiger partial charge in [-0.3, -0.25) is 0 Å². The van der Waals surface area contributed by atoms with Crippen molar-refractivity contribution in [1.82, 2.24) is 0 Å². The Morgan fingerprint density at radius 1 is 1.71 bits per heavy atom. The molecule has 1 unspecified atom stereocenters. The van der Waals surface area contributed by atoms with Crippen LogP contribution in [0, 0.1) is 6.92 Å². The Kier molecular flexibility index (Phi) is 2.91. The third-order valence-corrected chi connectivity index (χ3v) is 1.18. The number of alkyl halides is 1. The molecule has 1 radical (unpaired) electrons. The second-order valence-electron chi connectivity index (χ2n) is 1.01. The minimum atomic E-state index is -2.89. The van der Waals surface area contributed by atoms with Crippen LogP contribution in [0.1, 0.15) is 6.42 Å². The highest BCUT2D eigenvalue weighted by molar-refractivity contribution is 7.72. The quantitative estimate of drug-likeness (QED) is 0.532. The lowest BCUT2D eigenvalue weighted by molar-refractivity contribution is 0.430. The average molecular weight is 125 g/mol. The molecule has 0 aromatic rings. The van der Waals surface area contributed by atoms with Gasteiger partial charge in [-0.05, 0) is 13.3 Å². The smallest absolute Gasteiger partial charge is 0.198 e. The van der Waals surface area contributed by atoms with Gasteiger partial charge in [0.25, 0.3) is 0 Å². The highest BCUT2D eigenvalue weighted by atomic mass is 32.2. The lowest BCUT2D eigenvalue weighted by atomic mass is 10.6. The number of thiol groups is 1. The summed E-state index contributed by atoms with van der Waals surface area (Å²) in [7, 11) is -2.89. The van der Waals surface area contributed by atoms with Crippen LogP contribution in [0.2, 0.25) is 0 Å². The van der Waals surface area contributed by atoms with Gasteiger partial charge in [0.05, 0.1) is 0 Å². The Morgan fingerprint density at radius 2 is 2.14 bits per heavy atom. The van der Waals surface area contributed by atoms with E-state index in [-0.39, 0.29) is 6.42 Å². The van der Waals surface area contributed by atoms with Gasteiger partial charge in [0.1, 0.15) is 0 Å². The Bertz CT molecular complexity index is 102. The van der Waals surface area contributed by atoms with Gasteiger partial charge in [-0.15, -0.1) is 0 Å². The topological polar surface area (TPSA) is 34.1 Å². The van der Waals surface area contributed by atoms with Crippen molar-refractivity contribution in [3.63, 3.8) is 0 Å². The first kappa shape index (κ1) is 6.88. The standard InChI is InChI=1S/C3H6FO2S/c1-2-3(4)7(5)6/h3,7H,1-2H2. The molecule has 0 fully saturated rings. The SMILES string of the molecule is [CH2]CC(F)[SH](=O)=O. The van der Waals surface area contributed by atoms with Gasteiger partial charge in [0, 0.05) is 0 Å². The number of hydrogen-bond acceptors (Lipinski definition) is 2. The van der Waals surface area contributed by atoms with Crippen LogP contribution in [0.25, 0.3) is 0 Å². The maximum absolute atomic E-state index is 11.6. The highest BCUT2D eigenvalue weighted by Crippen LogP contribution is 1.93. The molecule has 0 spiro atoms. The number of hydrogen-bond donors (Lipinski definition) is 1. The summed E-state index contributed by atoms with van der Waals surface area (Å²) in [5, 5.41) is 0. The van der Waals surface area contributed by atoms with Gasteiger partial charge in [-0.25, -0.2) is 12.8 Å². The molecule has 0 aromatic carbocycles. The Balaban J connectivity index is 3.57. The van der Waals surface area contributed by atoms with Crippen LogP contribution >= 0.6 is 0 Å². The van der Waals surface area contributed by atoms with Gasteiger partial charge in [-0.1, -0.05) is 0 Å². The molecule has 0 amide bonds. The van der Waals surface area contributed by atoms with Crippen LogP contribution in [0.3, 0.4) is 0 Å². The van der Waals surface area contributed by atoms with Crippen molar-refractivity contribution < 1.29 is 12.8 Å². The summed E-state index contributed by atoms with van der Waals surface area (Å²) in [5.74, 6) is 0. The van der Waals surface area contributed by atoms with E-state index in [0.717, 1.165) is 0 Å². The monoisotopic (exact) mass is 125 g/mol. The molecule has 0 heterocycles. The molecule has 0 aliphatic carbocycles. The zero-order valence-corrected chi connectivity index (χ0v) is 4.53. The van der Waals surface area contributed by atoms with E-state index < -0.39 is 16.2 Å². The van der Waals surface area contributed by atoms with E-state index in [1.165, 1.54) is 0 Å². The predicted octanol–water partition coefficient (Wildman–Crippen LogP) is 0.118. The average Bonchev–Trinajstić information content (AvgIpc) is 1.65. The molecule has 0 aliphatic rings. The van der Waals surface area contributed by atoms with Crippen molar-refractivity contribution >= 4 is 10.7 Å². The minimum Gasteiger partial charge on any atom is -0.230 e. The second-order valence-corrected chi connectivity index (χ2v) is 2.14. The molecule has 0 bridgehead atoms. The summed E-state index contributed by atoms with van der Waals surface area (Å²) in [6.07, 6.45) is -0.196. The van der Waals surface area contributed by atoms with E-state index in [4.69, 9.17) is 0 Å². The van der Waals surface area contributed by atoms with Gasteiger partial charge in [0.15, 0.2) is 16.2 Å². The van der Waals surface area contributed by atoms with Gasteiger partial charge in [0.2, 0.25) is 0 Å². The molecule has 7 heavy (non-hydrogen) atoms. The van der Waals surface area contributed by atoms with Crippen LogP contribution in [0.5, 0.6) is 0 Å². The largest absolute Gasteiger partial charge is 0.230 e. The van der Waals surface area contributed by atoms with Gasteiger partial charge < -0.3 is 0 Å². The molecule has 0 aromatic heterocycles. The fraction of sp³-hybridized carbons (Fsp3) is 0.667. The fourth-order valence-corrected chi connectivity index (χ4v) is 0.316. The zero-order valence-electron chi connectivity index (χ0n) is 3.63. The van der Waals surface area contributed by atoms with Crippen LogP contribution in [-0.2, 0) is 10.7 Å². The molecule has 0 aliphatic heterocycles. The predicted molar refractivity (Wildman–Crippen MR) is 25.2 cm³/mol. The number of rotatable bonds is 2. The molecule has 4 heteroatoms. The Morgan fingerprint density at radius 3 is 2.14 bits per heavy atom. The van der Waals surface area contributed by atoms with Crippen molar-refractivity contribution in [1.29, 1.82) is 0 Å². The molecule has 0 saturated carbocycles. The molecule has 2 nitrogen and oxygen atoms in total. The van der Waals surface area contributed by atoms with Gasteiger partial charge >= 0.3 is 0 Å². The van der Waals surface area contributed by atoms with Crippen molar-refractivity contribution in [2.75, 3.05) is 0 Å². The molecular weight excluding hydrogens is 119 g/mol. The first-order valence-corrected chi connectivity index (χ1v) is 3.00. The number of halogens is 1. The molecule has 0 saturated heterocycles. The molecule has 43 valence electrons. The van der Waals surface area contributed by atoms with Gasteiger partial charge in [-0.2, -0.15) is 0 Å². The van der Waals surface area contributed by atoms with Crippen LogP contribution in [-0.4, -0.2) is 13.9 Å².